The van der Waals surface area contributed by atoms with Crippen LogP contribution in [0, 0.1) is 13.8 Å². The molecular formula is C19H18N2O5S. The van der Waals surface area contributed by atoms with Crippen LogP contribution in [0.5, 0.6) is 5.75 Å². The number of aromatic nitrogens is 2. The number of rotatable bonds is 5. The Hall–Kier alpha value is -3.13. The lowest BCUT2D eigenvalue weighted by molar-refractivity contribution is 0.0833. The van der Waals surface area contributed by atoms with E-state index in [0.29, 0.717) is 9.72 Å². The van der Waals surface area contributed by atoms with Gasteiger partial charge in [0.05, 0.1) is 4.90 Å². The number of carbonyl (C=O) groups excluding carboxylic acids is 1. The Balaban J connectivity index is 1.82. The number of ether oxygens (including phenoxy) is 1. The molecule has 3 rings (SSSR count). The minimum atomic E-state index is -4.08. The van der Waals surface area contributed by atoms with Crippen LogP contribution in [0.15, 0.2) is 70.6 Å². The minimum absolute atomic E-state index is 0.0312. The van der Waals surface area contributed by atoms with Crippen molar-refractivity contribution < 1.29 is 17.9 Å². The summed E-state index contributed by atoms with van der Waals surface area (Å²) in [5.41, 5.74) is 0.971. The molecule has 0 aliphatic rings. The third-order valence-corrected chi connectivity index (χ3v) is 5.64. The van der Waals surface area contributed by atoms with Crippen molar-refractivity contribution in [1.82, 2.24) is 8.54 Å². The molecule has 0 fully saturated rings. The zero-order valence-corrected chi connectivity index (χ0v) is 15.6. The summed E-state index contributed by atoms with van der Waals surface area (Å²) < 4.78 is 31.9. The normalized spacial score (nSPS) is 11.3. The molecule has 3 aromatic rings. The van der Waals surface area contributed by atoms with Crippen LogP contribution in [-0.2, 0) is 10.0 Å². The Morgan fingerprint density at radius 3 is 2.07 bits per heavy atom. The molecule has 0 unspecified atom stereocenters. The molecule has 0 aliphatic carbocycles. The summed E-state index contributed by atoms with van der Waals surface area (Å²) in [7, 11) is -4.08. The number of aryl methyl sites for hydroxylation is 2. The third-order valence-electron chi connectivity index (χ3n) is 3.98. The van der Waals surface area contributed by atoms with Gasteiger partial charge in [0.25, 0.3) is 15.9 Å². The quantitative estimate of drug-likeness (QED) is 0.671. The second kappa shape index (κ2) is 7.24. The Bertz CT molecular complexity index is 1120. The summed E-state index contributed by atoms with van der Waals surface area (Å²) in [5, 5.41) is 0. The molecule has 27 heavy (non-hydrogen) atoms. The summed E-state index contributed by atoms with van der Waals surface area (Å²) in [6.07, 6.45) is 2.18. The molecule has 0 amide bonds. The van der Waals surface area contributed by atoms with Gasteiger partial charge in [-0.25, -0.2) is 17.8 Å². The summed E-state index contributed by atoms with van der Waals surface area (Å²) in [6, 6.07) is 13.2. The van der Waals surface area contributed by atoms with Crippen molar-refractivity contribution in [2.24, 2.45) is 0 Å². The van der Waals surface area contributed by atoms with Gasteiger partial charge in [-0.1, -0.05) is 35.4 Å². The van der Waals surface area contributed by atoms with Crippen LogP contribution in [0.2, 0.25) is 0 Å². The number of benzene rings is 2. The first-order valence-electron chi connectivity index (χ1n) is 8.14. The first-order chi connectivity index (χ1) is 12.8. The molecule has 0 spiro atoms. The second-order valence-corrected chi connectivity index (χ2v) is 7.88. The molecule has 0 saturated carbocycles. The number of nitrogens with zero attached hydrogens (tertiary/aromatic N) is 2. The van der Waals surface area contributed by atoms with Crippen LogP contribution in [0.1, 0.15) is 15.9 Å². The molecule has 1 aromatic heterocycles. The maximum atomic E-state index is 12.6. The van der Waals surface area contributed by atoms with Gasteiger partial charge in [0, 0.05) is 12.4 Å². The molecule has 8 heteroatoms. The van der Waals surface area contributed by atoms with E-state index < -0.39 is 28.2 Å². The van der Waals surface area contributed by atoms with E-state index in [1.807, 2.05) is 26.0 Å². The molecule has 2 aromatic carbocycles. The molecule has 0 radical (unpaired) electrons. The van der Waals surface area contributed by atoms with Crippen molar-refractivity contribution in [2.45, 2.75) is 18.7 Å². The monoisotopic (exact) mass is 386 g/mol. The highest BCUT2D eigenvalue weighted by atomic mass is 32.2. The van der Waals surface area contributed by atoms with E-state index in [4.69, 9.17) is 4.74 Å². The predicted octanol–water partition coefficient (Wildman–Crippen LogP) is 2.22. The van der Waals surface area contributed by atoms with Crippen molar-refractivity contribution in [3.05, 3.63) is 82.5 Å². The van der Waals surface area contributed by atoms with Crippen LogP contribution < -0.4 is 10.4 Å². The van der Waals surface area contributed by atoms with Gasteiger partial charge in [0.15, 0.2) is 6.61 Å². The van der Waals surface area contributed by atoms with E-state index >= 15 is 0 Å². The van der Waals surface area contributed by atoms with Crippen molar-refractivity contribution in [2.75, 3.05) is 6.61 Å². The molecule has 0 bridgehead atoms. The molecule has 1 heterocycles. The van der Waals surface area contributed by atoms with Crippen LogP contribution in [0.3, 0.4) is 0 Å². The van der Waals surface area contributed by atoms with E-state index in [1.165, 1.54) is 12.1 Å². The van der Waals surface area contributed by atoms with Gasteiger partial charge in [-0.3, -0.25) is 4.79 Å². The number of hydrogen-bond acceptors (Lipinski definition) is 5. The fourth-order valence-corrected chi connectivity index (χ4v) is 3.62. The number of imidazole rings is 1. The zero-order chi connectivity index (χ0) is 19.6. The molecule has 0 aliphatic heterocycles. The fourth-order valence-electron chi connectivity index (χ4n) is 2.41. The first-order valence-corrected chi connectivity index (χ1v) is 9.58. The van der Waals surface area contributed by atoms with E-state index in [2.05, 4.69) is 0 Å². The van der Waals surface area contributed by atoms with Crippen molar-refractivity contribution >= 4 is 15.9 Å². The largest absolute Gasteiger partial charge is 0.484 e. The molecule has 140 valence electrons. The predicted molar refractivity (Wildman–Crippen MR) is 99.8 cm³/mol. The van der Waals surface area contributed by atoms with Crippen LogP contribution in [-0.4, -0.2) is 29.5 Å². The first kappa shape index (κ1) is 18.7. The number of hydrogen-bond donors (Lipinski definition) is 0. The van der Waals surface area contributed by atoms with E-state index in [-0.39, 0.29) is 4.90 Å². The topological polar surface area (TPSA) is 87.4 Å². The zero-order valence-electron chi connectivity index (χ0n) is 14.8. The van der Waals surface area contributed by atoms with Crippen LogP contribution >= 0.6 is 0 Å². The number of carbonyl (C=O) groups is 1. The maximum absolute atomic E-state index is 12.6. The Morgan fingerprint density at radius 1 is 0.926 bits per heavy atom. The van der Waals surface area contributed by atoms with E-state index in [0.717, 1.165) is 28.1 Å². The Morgan fingerprint density at radius 2 is 1.48 bits per heavy atom. The van der Waals surface area contributed by atoms with Gasteiger partial charge in [-0.15, -0.1) is 0 Å². The SMILES string of the molecule is Cc1ccc(OCC(=O)n2ccn(S(=O)(=O)c3ccc(C)cc3)c2=O)cc1. The Kier molecular flexibility index (Phi) is 5.00. The highest BCUT2D eigenvalue weighted by Gasteiger charge is 2.22. The average molecular weight is 386 g/mol. The van der Waals surface area contributed by atoms with Gasteiger partial charge in [-0.2, -0.15) is 3.97 Å². The lowest BCUT2D eigenvalue weighted by atomic mass is 10.2. The lowest BCUT2D eigenvalue weighted by Crippen LogP contribution is -2.34. The lowest BCUT2D eigenvalue weighted by Gasteiger charge is -2.06. The molecular weight excluding hydrogens is 368 g/mol. The van der Waals surface area contributed by atoms with Gasteiger partial charge >= 0.3 is 5.69 Å². The third kappa shape index (κ3) is 3.85. The molecule has 0 saturated heterocycles. The van der Waals surface area contributed by atoms with Gasteiger partial charge in [-0.05, 0) is 38.1 Å². The molecule has 0 atom stereocenters. The van der Waals surface area contributed by atoms with Crippen LogP contribution in [0.4, 0.5) is 0 Å². The Labute approximate surface area is 156 Å². The molecule has 0 N–H and O–H groups in total. The summed E-state index contributed by atoms with van der Waals surface area (Å²) in [4.78, 5) is 24.6. The smallest absolute Gasteiger partial charge is 0.349 e. The maximum Gasteiger partial charge on any atom is 0.349 e. The van der Waals surface area contributed by atoms with Gasteiger partial charge < -0.3 is 4.74 Å². The fraction of sp³-hybridized carbons (Fsp3) is 0.158. The van der Waals surface area contributed by atoms with E-state index in [9.17, 15) is 18.0 Å². The van der Waals surface area contributed by atoms with Gasteiger partial charge in [0.2, 0.25) is 0 Å². The van der Waals surface area contributed by atoms with E-state index in [1.54, 1.807) is 24.3 Å². The molecule has 7 nitrogen and oxygen atoms in total. The summed E-state index contributed by atoms with van der Waals surface area (Å²) in [6.45, 7) is 3.36. The standard InChI is InChI=1S/C19H18N2O5S/c1-14-3-7-16(8-4-14)26-13-18(22)20-11-12-21(19(20)23)27(24,25)17-9-5-15(2)6-10-17/h3-12H,13H2,1-2H3. The average Bonchev–Trinajstić information content (AvgIpc) is 3.03. The van der Waals surface area contributed by atoms with Gasteiger partial charge in [0.1, 0.15) is 5.75 Å². The van der Waals surface area contributed by atoms with Crippen LogP contribution in [0.25, 0.3) is 0 Å². The second-order valence-electron chi connectivity index (χ2n) is 6.06. The highest BCUT2D eigenvalue weighted by Crippen LogP contribution is 2.13. The summed E-state index contributed by atoms with van der Waals surface area (Å²) in [5.74, 6) is -0.188. The van der Waals surface area contributed by atoms with Crippen molar-refractivity contribution in [3.63, 3.8) is 0 Å². The van der Waals surface area contributed by atoms with Crippen molar-refractivity contribution in [3.8, 4) is 5.75 Å². The van der Waals surface area contributed by atoms with Crippen molar-refractivity contribution in [1.29, 1.82) is 0 Å². The minimum Gasteiger partial charge on any atom is -0.484 e. The summed E-state index contributed by atoms with van der Waals surface area (Å²) >= 11 is 0. The highest BCUT2D eigenvalue weighted by molar-refractivity contribution is 7.90.